The number of carbonyl (C=O) groups excluding carboxylic acids is 1. The molecule has 2 fully saturated rings. The molecule has 2 unspecified atom stereocenters. The van der Waals surface area contributed by atoms with Crippen LogP contribution in [0.2, 0.25) is 0 Å². The van der Waals surface area contributed by atoms with Crippen LogP contribution in [0.4, 0.5) is 0 Å². The van der Waals surface area contributed by atoms with E-state index in [9.17, 15) is 4.79 Å². The van der Waals surface area contributed by atoms with Gasteiger partial charge >= 0.3 is 0 Å². The van der Waals surface area contributed by atoms with Crippen molar-refractivity contribution in [3.8, 4) is 0 Å². The van der Waals surface area contributed by atoms with Gasteiger partial charge in [-0.3, -0.25) is 14.6 Å². The Morgan fingerprint density at radius 3 is 1.42 bits per heavy atom. The molecule has 196 valence electrons. The van der Waals surface area contributed by atoms with Gasteiger partial charge in [0, 0.05) is 61.3 Å². The monoisotopic (exact) mass is 618 g/mol. The molecule has 4 rings (SSSR count). The van der Waals surface area contributed by atoms with Crippen molar-refractivity contribution in [2.45, 2.75) is 38.8 Å². The number of halogens is 2. The molecule has 2 saturated heterocycles. The molecule has 2 atom stereocenters. The van der Waals surface area contributed by atoms with Crippen LogP contribution in [0.3, 0.4) is 0 Å². The molecule has 2 aromatic carbocycles. The smallest absolute Gasteiger partial charge is 0.167 e. The fourth-order valence-corrected chi connectivity index (χ4v) is 6.49. The van der Waals surface area contributed by atoms with Crippen LogP contribution in [0, 0.1) is 0 Å². The summed E-state index contributed by atoms with van der Waals surface area (Å²) < 4.78 is 2.15. The first-order chi connectivity index (χ1) is 17.5. The summed E-state index contributed by atoms with van der Waals surface area (Å²) in [7, 11) is 0. The van der Waals surface area contributed by atoms with E-state index in [1.807, 2.05) is 0 Å². The summed E-state index contributed by atoms with van der Waals surface area (Å²) in [6.45, 7) is 14.5. The second-order valence-corrected chi connectivity index (χ2v) is 11.9. The van der Waals surface area contributed by atoms with E-state index in [1.165, 1.54) is 11.1 Å². The lowest BCUT2D eigenvalue weighted by atomic mass is 9.91. The van der Waals surface area contributed by atoms with Crippen LogP contribution >= 0.6 is 31.9 Å². The van der Waals surface area contributed by atoms with Gasteiger partial charge in [-0.15, -0.1) is 0 Å². The molecule has 0 N–H and O–H groups in total. The van der Waals surface area contributed by atoms with E-state index in [4.69, 9.17) is 0 Å². The number of benzene rings is 2. The first-order valence-electron chi connectivity index (χ1n) is 13.4. The van der Waals surface area contributed by atoms with Crippen LogP contribution in [-0.4, -0.2) is 103 Å². The van der Waals surface area contributed by atoms with E-state index in [-0.39, 0.29) is 12.1 Å². The zero-order chi connectivity index (χ0) is 25.5. The maximum atomic E-state index is 14.6. The van der Waals surface area contributed by atoms with Gasteiger partial charge < -0.3 is 9.80 Å². The van der Waals surface area contributed by atoms with E-state index < -0.39 is 0 Å². The van der Waals surface area contributed by atoms with Crippen molar-refractivity contribution in [2.24, 2.45) is 0 Å². The lowest BCUT2D eigenvalue weighted by molar-refractivity contribution is -0.131. The van der Waals surface area contributed by atoms with Crippen molar-refractivity contribution in [1.29, 1.82) is 0 Å². The highest BCUT2D eigenvalue weighted by Crippen LogP contribution is 2.23. The molecule has 0 amide bonds. The molecule has 0 spiro atoms. The minimum Gasteiger partial charge on any atom is -0.301 e. The molecule has 0 bridgehead atoms. The van der Waals surface area contributed by atoms with Crippen LogP contribution in [0.25, 0.3) is 0 Å². The van der Waals surface area contributed by atoms with E-state index in [0.717, 1.165) is 87.2 Å². The molecule has 2 aromatic rings. The number of Topliss-reactive ketones (excluding diaryl/α,β-unsaturated/α-hetero) is 1. The topological polar surface area (TPSA) is 30.0 Å². The van der Waals surface area contributed by atoms with Crippen LogP contribution in [0.1, 0.15) is 25.0 Å². The summed E-state index contributed by atoms with van der Waals surface area (Å²) in [6, 6.07) is 16.7. The molecule has 36 heavy (non-hydrogen) atoms. The van der Waals surface area contributed by atoms with Gasteiger partial charge in [-0.05, 0) is 61.3 Å². The zero-order valence-electron chi connectivity index (χ0n) is 21.7. The summed E-state index contributed by atoms with van der Waals surface area (Å²) in [5.74, 6) is 0.379. The third-order valence-electron chi connectivity index (χ3n) is 7.88. The van der Waals surface area contributed by atoms with Crippen molar-refractivity contribution in [3.05, 3.63) is 68.6 Å². The van der Waals surface area contributed by atoms with Crippen molar-refractivity contribution < 1.29 is 4.79 Å². The van der Waals surface area contributed by atoms with Crippen molar-refractivity contribution in [2.75, 3.05) is 65.4 Å². The van der Waals surface area contributed by atoms with Gasteiger partial charge in [0.15, 0.2) is 5.78 Å². The third kappa shape index (κ3) is 7.49. The maximum Gasteiger partial charge on any atom is 0.167 e. The van der Waals surface area contributed by atoms with Crippen LogP contribution < -0.4 is 0 Å². The largest absolute Gasteiger partial charge is 0.301 e. The normalized spacial score (nSPS) is 20.3. The number of piperazine rings is 2. The summed E-state index contributed by atoms with van der Waals surface area (Å²) in [6.07, 6.45) is 1.52. The van der Waals surface area contributed by atoms with Gasteiger partial charge in [-0.2, -0.15) is 0 Å². The third-order valence-corrected chi connectivity index (χ3v) is 8.87. The highest BCUT2D eigenvalue weighted by molar-refractivity contribution is 9.10. The predicted molar refractivity (Wildman–Crippen MR) is 156 cm³/mol. The summed E-state index contributed by atoms with van der Waals surface area (Å²) >= 11 is 7.27. The average Bonchev–Trinajstić information content (AvgIpc) is 2.90. The average molecular weight is 620 g/mol. The summed E-state index contributed by atoms with van der Waals surface area (Å²) in [5.41, 5.74) is 2.44. The Hall–Kier alpha value is -1.09. The molecule has 0 radical (unpaired) electrons. The fourth-order valence-electron chi connectivity index (χ4n) is 5.60. The predicted octanol–water partition coefficient (Wildman–Crippen LogP) is 4.58. The molecular formula is C29H40Br2N4O. The molecule has 2 heterocycles. The highest BCUT2D eigenvalue weighted by atomic mass is 79.9. The molecule has 0 saturated carbocycles. The molecular weight excluding hydrogens is 580 g/mol. The van der Waals surface area contributed by atoms with Crippen molar-refractivity contribution in [1.82, 2.24) is 19.6 Å². The van der Waals surface area contributed by atoms with E-state index >= 15 is 0 Å². The van der Waals surface area contributed by atoms with E-state index in [0.29, 0.717) is 5.78 Å². The van der Waals surface area contributed by atoms with Crippen LogP contribution in [0.15, 0.2) is 57.5 Å². The molecule has 2 aliphatic rings. The quantitative estimate of drug-likeness (QED) is 0.389. The van der Waals surface area contributed by atoms with Gasteiger partial charge in [0.25, 0.3) is 0 Å². The van der Waals surface area contributed by atoms with Gasteiger partial charge in [0.2, 0.25) is 0 Å². The summed E-state index contributed by atoms with van der Waals surface area (Å²) in [5, 5.41) is 0. The molecule has 2 aliphatic heterocycles. The Bertz CT molecular complexity index is 909. The minimum absolute atomic E-state index is 0.111. The van der Waals surface area contributed by atoms with Gasteiger partial charge in [0.05, 0.1) is 12.1 Å². The maximum absolute atomic E-state index is 14.6. The van der Waals surface area contributed by atoms with Crippen LogP contribution in [-0.2, 0) is 17.6 Å². The Kier molecular flexibility index (Phi) is 10.6. The molecule has 0 aliphatic carbocycles. The zero-order valence-corrected chi connectivity index (χ0v) is 24.9. The lowest BCUT2D eigenvalue weighted by Crippen LogP contribution is -2.60. The fraction of sp³-hybridized carbons (Fsp3) is 0.552. The Balaban J connectivity index is 1.61. The van der Waals surface area contributed by atoms with E-state index in [1.54, 1.807) is 0 Å². The van der Waals surface area contributed by atoms with Crippen LogP contribution in [0.5, 0.6) is 0 Å². The second kappa shape index (κ2) is 13.6. The second-order valence-electron chi connectivity index (χ2n) is 10.0. The number of ketones is 1. The Labute approximate surface area is 234 Å². The first kappa shape index (κ1) is 27.9. The Morgan fingerprint density at radius 2 is 1.08 bits per heavy atom. The van der Waals surface area contributed by atoms with Gasteiger partial charge in [0.1, 0.15) is 0 Å². The summed E-state index contributed by atoms with van der Waals surface area (Å²) in [4.78, 5) is 24.5. The van der Waals surface area contributed by atoms with E-state index in [2.05, 4.69) is 114 Å². The minimum atomic E-state index is -0.111. The van der Waals surface area contributed by atoms with Gasteiger partial charge in [-0.1, -0.05) is 70.0 Å². The SMILES string of the molecule is CCN1CCN(C(Cc2cccc(Br)c2)C(=O)C(Cc2cccc(Br)c2)N2CCN(CC)CC2)CC1. The Morgan fingerprint density at radius 1 is 0.694 bits per heavy atom. The number of likely N-dealkylation sites (N-methyl/N-ethyl adjacent to an activating group) is 2. The highest BCUT2D eigenvalue weighted by Gasteiger charge is 2.37. The molecule has 0 aromatic heterocycles. The molecule has 7 heteroatoms. The van der Waals surface area contributed by atoms with Crippen molar-refractivity contribution in [3.63, 3.8) is 0 Å². The first-order valence-corrected chi connectivity index (χ1v) is 15.0. The standard InChI is InChI=1S/C29H40Br2N4O/c1-3-32-11-15-34(16-12-32)27(21-23-7-5-9-25(30)19-23)29(36)28(22-24-8-6-10-26(31)20-24)35-17-13-33(4-2)14-18-35/h5-10,19-20,27-28H,3-4,11-18,21-22H2,1-2H3. The number of hydrogen-bond acceptors (Lipinski definition) is 5. The van der Waals surface area contributed by atoms with Gasteiger partial charge in [-0.25, -0.2) is 0 Å². The number of hydrogen-bond donors (Lipinski definition) is 0. The molecule has 5 nitrogen and oxygen atoms in total. The number of nitrogens with zero attached hydrogens (tertiary/aromatic N) is 4. The number of carbonyl (C=O) groups is 1. The van der Waals surface area contributed by atoms with Crippen molar-refractivity contribution >= 4 is 37.6 Å². The number of rotatable bonds is 10. The lowest BCUT2D eigenvalue weighted by Gasteiger charge is -2.43.